The highest BCUT2D eigenvalue weighted by Crippen LogP contribution is 2.24. The maximum absolute atomic E-state index is 5.73. The van der Waals surface area contributed by atoms with E-state index in [0.29, 0.717) is 6.61 Å². The van der Waals surface area contributed by atoms with Crippen LogP contribution in [-0.2, 0) is 11.2 Å². The van der Waals surface area contributed by atoms with Gasteiger partial charge >= 0.3 is 0 Å². The van der Waals surface area contributed by atoms with Crippen LogP contribution in [0.1, 0.15) is 16.7 Å². The molecule has 0 amide bonds. The van der Waals surface area contributed by atoms with Gasteiger partial charge in [0.25, 0.3) is 0 Å². The van der Waals surface area contributed by atoms with Crippen LogP contribution in [0.15, 0.2) is 48.9 Å². The van der Waals surface area contributed by atoms with E-state index in [1.54, 1.807) is 17.9 Å². The summed E-state index contributed by atoms with van der Waals surface area (Å²) in [5.74, 6) is 0.935. The molecule has 1 aliphatic rings. The van der Waals surface area contributed by atoms with Crippen molar-refractivity contribution in [1.29, 1.82) is 0 Å². The summed E-state index contributed by atoms with van der Waals surface area (Å²) < 4.78 is 11.8. The summed E-state index contributed by atoms with van der Waals surface area (Å²) in [5.41, 5.74) is 1.03. The summed E-state index contributed by atoms with van der Waals surface area (Å²) in [6.45, 7) is 3.29. The van der Waals surface area contributed by atoms with Gasteiger partial charge in [0.2, 0.25) is 0 Å². The first-order valence-electron chi connectivity index (χ1n) is 8.08. The fraction of sp³-hybridized carbons (Fsp3) is 0.353. The van der Waals surface area contributed by atoms with Crippen molar-refractivity contribution in [2.24, 2.45) is 0 Å². The number of rotatable bonds is 5. The van der Waals surface area contributed by atoms with Gasteiger partial charge in [-0.1, -0.05) is 18.2 Å². The first kappa shape index (κ1) is 15.4. The van der Waals surface area contributed by atoms with Gasteiger partial charge in [0.05, 0.1) is 24.9 Å². The number of hydrogen-bond acceptors (Lipinski definition) is 6. The molecule has 0 bridgehead atoms. The van der Waals surface area contributed by atoms with E-state index >= 15 is 0 Å². The minimum atomic E-state index is 0.120. The zero-order chi connectivity index (χ0) is 16.2. The molecule has 0 aliphatic carbocycles. The lowest BCUT2D eigenvalue weighted by Gasteiger charge is -2.34. The van der Waals surface area contributed by atoms with E-state index in [4.69, 9.17) is 4.74 Å². The highest BCUT2D eigenvalue weighted by Gasteiger charge is 2.28. The van der Waals surface area contributed by atoms with Crippen molar-refractivity contribution in [3.05, 3.63) is 59.6 Å². The highest BCUT2D eigenvalue weighted by molar-refractivity contribution is 7.05. The Morgan fingerprint density at radius 1 is 1.21 bits per heavy atom. The summed E-state index contributed by atoms with van der Waals surface area (Å²) >= 11 is 1.57. The van der Waals surface area contributed by atoms with Crippen LogP contribution in [0.5, 0.6) is 0 Å². The van der Waals surface area contributed by atoms with Gasteiger partial charge in [-0.05, 0) is 36.2 Å². The van der Waals surface area contributed by atoms with Crippen molar-refractivity contribution in [2.45, 2.75) is 12.5 Å². The van der Waals surface area contributed by atoms with Gasteiger partial charge in [-0.3, -0.25) is 4.90 Å². The second-order valence-electron chi connectivity index (χ2n) is 5.72. The summed E-state index contributed by atoms with van der Waals surface area (Å²) in [6.07, 6.45) is 4.49. The van der Waals surface area contributed by atoms with Crippen LogP contribution in [-0.4, -0.2) is 50.3 Å². The van der Waals surface area contributed by atoms with E-state index in [2.05, 4.69) is 25.4 Å². The average molecular weight is 341 g/mol. The SMILES string of the molecule is c1ccc(-n2ncnc2C2COCCN2CCc2ccns2)cc1. The molecule has 0 N–H and O–H groups in total. The van der Waals surface area contributed by atoms with Crippen molar-refractivity contribution < 1.29 is 4.74 Å². The summed E-state index contributed by atoms with van der Waals surface area (Å²) in [7, 11) is 0. The summed E-state index contributed by atoms with van der Waals surface area (Å²) in [6, 6.07) is 12.3. The molecule has 3 heterocycles. The Balaban J connectivity index is 1.56. The average Bonchev–Trinajstić information content (AvgIpc) is 3.33. The molecule has 1 atom stereocenters. The Morgan fingerprint density at radius 3 is 2.96 bits per heavy atom. The predicted octanol–water partition coefficient (Wildman–Crippen LogP) is 2.34. The van der Waals surface area contributed by atoms with Crippen LogP contribution in [0.3, 0.4) is 0 Å². The van der Waals surface area contributed by atoms with Crippen LogP contribution in [0.2, 0.25) is 0 Å². The molecular weight excluding hydrogens is 322 g/mol. The Labute approximate surface area is 144 Å². The fourth-order valence-corrected chi connectivity index (χ4v) is 3.58. The molecule has 1 saturated heterocycles. The van der Waals surface area contributed by atoms with Crippen LogP contribution >= 0.6 is 11.5 Å². The van der Waals surface area contributed by atoms with Gasteiger partial charge in [-0.15, -0.1) is 0 Å². The Kier molecular flexibility index (Phi) is 4.64. The maximum Gasteiger partial charge on any atom is 0.151 e. The highest BCUT2D eigenvalue weighted by atomic mass is 32.1. The largest absolute Gasteiger partial charge is 0.378 e. The molecule has 1 aromatic carbocycles. The Bertz CT molecular complexity index is 758. The number of aromatic nitrogens is 4. The predicted molar refractivity (Wildman–Crippen MR) is 92.3 cm³/mol. The first-order chi connectivity index (χ1) is 11.9. The molecule has 2 aromatic heterocycles. The van der Waals surface area contributed by atoms with E-state index in [-0.39, 0.29) is 6.04 Å². The van der Waals surface area contributed by atoms with Crippen LogP contribution in [0.25, 0.3) is 5.69 Å². The number of ether oxygens (including phenoxy) is 1. The number of para-hydroxylation sites is 1. The maximum atomic E-state index is 5.73. The Hall–Kier alpha value is -2.09. The molecule has 6 nitrogen and oxygen atoms in total. The molecule has 0 radical (unpaired) electrons. The van der Waals surface area contributed by atoms with Gasteiger partial charge in [0.1, 0.15) is 6.33 Å². The third kappa shape index (κ3) is 3.24. The fourth-order valence-electron chi connectivity index (χ4n) is 3.01. The van der Waals surface area contributed by atoms with E-state index in [0.717, 1.165) is 37.6 Å². The lowest BCUT2D eigenvalue weighted by Crippen LogP contribution is -2.41. The Morgan fingerprint density at radius 2 is 2.12 bits per heavy atom. The van der Waals surface area contributed by atoms with Crippen LogP contribution in [0, 0.1) is 0 Å². The number of morpholine rings is 1. The second kappa shape index (κ2) is 7.21. The molecule has 0 saturated carbocycles. The lowest BCUT2D eigenvalue weighted by atomic mass is 10.2. The molecule has 7 heteroatoms. The van der Waals surface area contributed by atoms with E-state index in [1.165, 1.54) is 4.88 Å². The molecule has 1 unspecified atom stereocenters. The molecule has 1 fully saturated rings. The van der Waals surface area contributed by atoms with Gasteiger partial charge in [-0.25, -0.2) is 14.0 Å². The third-order valence-electron chi connectivity index (χ3n) is 4.25. The monoisotopic (exact) mass is 341 g/mol. The zero-order valence-electron chi connectivity index (χ0n) is 13.3. The van der Waals surface area contributed by atoms with E-state index in [1.807, 2.05) is 41.2 Å². The van der Waals surface area contributed by atoms with Gasteiger partial charge in [-0.2, -0.15) is 5.10 Å². The molecule has 24 heavy (non-hydrogen) atoms. The lowest BCUT2D eigenvalue weighted by molar-refractivity contribution is -0.0117. The van der Waals surface area contributed by atoms with Crippen molar-refractivity contribution in [2.75, 3.05) is 26.3 Å². The minimum absolute atomic E-state index is 0.120. The third-order valence-corrected chi connectivity index (χ3v) is 5.05. The molecule has 4 rings (SSSR count). The van der Waals surface area contributed by atoms with E-state index in [9.17, 15) is 0 Å². The second-order valence-corrected chi connectivity index (χ2v) is 6.64. The number of hydrogen-bond donors (Lipinski definition) is 0. The number of nitrogens with zero attached hydrogens (tertiary/aromatic N) is 5. The quantitative estimate of drug-likeness (QED) is 0.713. The van der Waals surface area contributed by atoms with Gasteiger partial charge in [0.15, 0.2) is 5.82 Å². The van der Waals surface area contributed by atoms with E-state index < -0.39 is 0 Å². The van der Waals surface area contributed by atoms with Crippen molar-refractivity contribution in [1.82, 2.24) is 24.0 Å². The summed E-state index contributed by atoms with van der Waals surface area (Å²) in [5, 5.41) is 4.42. The normalized spacial score (nSPS) is 18.8. The zero-order valence-corrected chi connectivity index (χ0v) is 14.1. The molecule has 0 spiro atoms. The molecule has 1 aliphatic heterocycles. The van der Waals surface area contributed by atoms with Crippen LogP contribution < -0.4 is 0 Å². The number of benzene rings is 1. The van der Waals surface area contributed by atoms with Crippen molar-refractivity contribution >= 4 is 11.5 Å². The van der Waals surface area contributed by atoms with Gasteiger partial charge in [0, 0.05) is 24.2 Å². The standard InChI is InChI=1S/C17H19N5OS/c1-2-4-14(5-3-1)22-17(18-13-19-22)16-12-23-11-10-21(16)9-7-15-6-8-20-24-15/h1-6,8,13,16H,7,9-12H2. The van der Waals surface area contributed by atoms with Gasteiger partial charge < -0.3 is 4.74 Å². The topological polar surface area (TPSA) is 56.1 Å². The van der Waals surface area contributed by atoms with Crippen molar-refractivity contribution in [3.8, 4) is 5.69 Å². The molecule has 3 aromatic rings. The first-order valence-corrected chi connectivity index (χ1v) is 8.86. The molecule has 124 valence electrons. The minimum Gasteiger partial charge on any atom is -0.378 e. The van der Waals surface area contributed by atoms with Crippen LogP contribution in [0.4, 0.5) is 0 Å². The molecular formula is C17H19N5OS. The van der Waals surface area contributed by atoms with Crippen molar-refractivity contribution in [3.63, 3.8) is 0 Å². The summed E-state index contributed by atoms with van der Waals surface area (Å²) in [4.78, 5) is 8.28. The smallest absolute Gasteiger partial charge is 0.151 e.